The van der Waals surface area contributed by atoms with E-state index in [0.717, 1.165) is 15.4 Å². The van der Waals surface area contributed by atoms with Gasteiger partial charge in [-0.1, -0.05) is 27.5 Å². The summed E-state index contributed by atoms with van der Waals surface area (Å²) in [5, 5.41) is 14.2. The largest absolute Gasteiger partial charge is 0.249 e. The predicted octanol–water partition coefficient (Wildman–Crippen LogP) is 2.98. The lowest BCUT2D eigenvalue weighted by molar-refractivity contribution is 0.736. The quantitative estimate of drug-likeness (QED) is 0.799. The number of benzene rings is 1. The molecule has 0 fully saturated rings. The van der Waals surface area contributed by atoms with Crippen LogP contribution >= 0.6 is 27.5 Å². The smallest absolute Gasteiger partial charge is 0.128 e. The molecule has 0 N–H and O–H groups in total. The highest BCUT2D eigenvalue weighted by atomic mass is 79.9. The summed E-state index contributed by atoms with van der Waals surface area (Å²) in [6.07, 6.45) is 1.70. The zero-order chi connectivity index (χ0) is 10.1. The zero-order valence-corrected chi connectivity index (χ0v) is 9.38. The molecular weight excluding hydrogens is 265 g/mol. The fourth-order valence-electron chi connectivity index (χ4n) is 1.31. The molecule has 0 amide bonds. The Morgan fingerprint density at radius 3 is 3.07 bits per heavy atom. The third-order valence-electron chi connectivity index (χ3n) is 1.92. The Balaban J connectivity index is 2.78. The van der Waals surface area contributed by atoms with Crippen molar-refractivity contribution in [1.29, 1.82) is 5.26 Å². The van der Waals surface area contributed by atoms with Gasteiger partial charge in [0, 0.05) is 9.86 Å². The van der Waals surface area contributed by atoms with E-state index in [4.69, 9.17) is 16.9 Å². The average molecular weight is 271 g/mol. The summed E-state index contributed by atoms with van der Waals surface area (Å²) in [5.41, 5.74) is 0.794. The van der Waals surface area contributed by atoms with E-state index in [1.807, 2.05) is 12.1 Å². The third kappa shape index (κ3) is 1.39. The molecule has 0 aliphatic carbocycles. The monoisotopic (exact) mass is 269 g/mol. The van der Waals surface area contributed by atoms with Crippen LogP contribution in [0.25, 0.3) is 10.9 Å². The summed E-state index contributed by atoms with van der Waals surface area (Å²) < 4.78 is 2.52. The Morgan fingerprint density at radius 1 is 1.57 bits per heavy atom. The van der Waals surface area contributed by atoms with Gasteiger partial charge in [0.05, 0.1) is 22.8 Å². The molecule has 0 spiro atoms. The number of halogens is 2. The van der Waals surface area contributed by atoms with Gasteiger partial charge in [-0.2, -0.15) is 10.4 Å². The lowest BCUT2D eigenvalue weighted by Gasteiger charge is -2.00. The molecule has 0 aliphatic rings. The van der Waals surface area contributed by atoms with Crippen molar-refractivity contribution in [3.05, 3.63) is 27.8 Å². The number of aromatic nitrogens is 2. The van der Waals surface area contributed by atoms with Crippen LogP contribution in [-0.4, -0.2) is 9.78 Å². The molecule has 1 heterocycles. The number of hydrogen-bond acceptors (Lipinski definition) is 2. The van der Waals surface area contributed by atoms with Crippen molar-refractivity contribution in [1.82, 2.24) is 9.78 Å². The van der Waals surface area contributed by atoms with E-state index >= 15 is 0 Å². The lowest BCUT2D eigenvalue weighted by Crippen LogP contribution is -1.97. The molecule has 0 saturated heterocycles. The van der Waals surface area contributed by atoms with E-state index in [0.29, 0.717) is 5.02 Å². The van der Waals surface area contributed by atoms with Crippen LogP contribution in [0.2, 0.25) is 5.02 Å². The van der Waals surface area contributed by atoms with Gasteiger partial charge in [-0.05, 0) is 12.1 Å². The highest BCUT2D eigenvalue weighted by molar-refractivity contribution is 9.10. The maximum atomic E-state index is 8.59. The van der Waals surface area contributed by atoms with Crippen molar-refractivity contribution in [3.8, 4) is 6.07 Å². The molecule has 0 atom stereocenters. The van der Waals surface area contributed by atoms with Gasteiger partial charge in [0.2, 0.25) is 0 Å². The third-order valence-corrected chi connectivity index (χ3v) is 2.92. The minimum absolute atomic E-state index is 0.208. The number of rotatable bonds is 1. The van der Waals surface area contributed by atoms with Gasteiger partial charge in [0.15, 0.2) is 0 Å². The van der Waals surface area contributed by atoms with Crippen molar-refractivity contribution in [3.63, 3.8) is 0 Å². The summed E-state index contributed by atoms with van der Waals surface area (Å²) in [6, 6.07) is 5.68. The van der Waals surface area contributed by atoms with Gasteiger partial charge >= 0.3 is 0 Å². The van der Waals surface area contributed by atoms with Crippen molar-refractivity contribution in [2.45, 2.75) is 6.54 Å². The molecule has 0 aliphatic heterocycles. The predicted molar refractivity (Wildman–Crippen MR) is 58.1 cm³/mol. The van der Waals surface area contributed by atoms with Crippen LogP contribution < -0.4 is 0 Å². The first kappa shape index (κ1) is 9.50. The summed E-state index contributed by atoms with van der Waals surface area (Å²) in [7, 11) is 0. The van der Waals surface area contributed by atoms with Crippen LogP contribution in [0.3, 0.4) is 0 Å². The molecule has 14 heavy (non-hydrogen) atoms. The molecule has 1 aromatic heterocycles. The normalized spacial score (nSPS) is 10.4. The molecule has 0 radical (unpaired) electrons. The number of nitriles is 1. The average Bonchev–Trinajstić information content (AvgIpc) is 2.58. The summed E-state index contributed by atoms with van der Waals surface area (Å²) in [5.74, 6) is 0. The zero-order valence-electron chi connectivity index (χ0n) is 7.04. The molecule has 2 aromatic rings. The fraction of sp³-hybridized carbons (Fsp3) is 0.111. The van der Waals surface area contributed by atoms with Crippen molar-refractivity contribution < 1.29 is 0 Å². The van der Waals surface area contributed by atoms with Crippen molar-refractivity contribution in [2.75, 3.05) is 0 Å². The Labute approximate surface area is 94.0 Å². The molecule has 2 rings (SSSR count). The molecule has 5 heteroatoms. The van der Waals surface area contributed by atoms with Gasteiger partial charge in [0.1, 0.15) is 6.54 Å². The SMILES string of the molecule is N#CCn1ncc2c(Br)ccc(Cl)c21. The maximum absolute atomic E-state index is 8.59. The second kappa shape index (κ2) is 3.60. The van der Waals surface area contributed by atoms with Crippen molar-refractivity contribution >= 4 is 38.4 Å². The van der Waals surface area contributed by atoms with Gasteiger partial charge in [-0.15, -0.1) is 0 Å². The van der Waals surface area contributed by atoms with Gasteiger partial charge in [-0.3, -0.25) is 0 Å². The minimum Gasteiger partial charge on any atom is -0.249 e. The molecule has 0 bridgehead atoms. The Bertz CT molecular complexity index is 527. The van der Waals surface area contributed by atoms with Crippen LogP contribution in [0.15, 0.2) is 22.8 Å². The summed E-state index contributed by atoms with van der Waals surface area (Å²) >= 11 is 9.42. The fourth-order valence-corrected chi connectivity index (χ4v) is 2.00. The Kier molecular flexibility index (Phi) is 2.44. The first-order valence-corrected chi connectivity index (χ1v) is 5.07. The topological polar surface area (TPSA) is 41.6 Å². The lowest BCUT2D eigenvalue weighted by atomic mass is 10.2. The minimum atomic E-state index is 0.208. The Hall–Kier alpha value is -1.05. The van der Waals surface area contributed by atoms with Crippen molar-refractivity contribution in [2.24, 2.45) is 0 Å². The summed E-state index contributed by atoms with van der Waals surface area (Å²) in [6.45, 7) is 0.208. The maximum Gasteiger partial charge on any atom is 0.128 e. The van der Waals surface area contributed by atoms with Gasteiger partial charge in [-0.25, -0.2) is 4.68 Å². The number of nitrogens with zero attached hydrogens (tertiary/aromatic N) is 3. The molecule has 0 saturated carbocycles. The van der Waals surface area contributed by atoms with E-state index < -0.39 is 0 Å². The van der Waals surface area contributed by atoms with E-state index in [1.165, 1.54) is 0 Å². The van der Waals surface area contributed by atoms with E-state index in [1.54, 1.807) is 16.9 Å². The first-order valence-electron chi connectivity index (χ1n) is 3.90. The van der Waals surface area contributed by atoms with E-state index in [-0.39, 0.29) is 6.54 Å². The van der Waals surface area contributed by atoms with Gasteiger partial charge < -0.3 is 0 Å². The van der Waals surface area contributed by atoms with E-state index in [9.17, 15) is 0 Å². The molecule has 0 unspecified atom stereocenters. The van der Waals surface area contributed by atoms with Crippen LogP contribution in [0.5, 0.6) is 0 Å². The highest BCUT2D eigenvalue weighted by Crippen LogP contribution is 2.29. The van der Waals surface area contributed by atoms with Crippen LogP contribution in [0.4, 0.5) is 0 Å². The molecule has 3 nitrogen and oxygen atoms in total. The Morgan fingerprint density at radius 2 is 2.36 bits per heavy atom. The highest BCUT2D eigenvalue weighted by Gasteiger charge is 2.08. The van der Waals surface area contributed by atoms with E-state index in [2.05, 4.69) is 21.0 Å². The second-order valence-electron chi connectivity index (χ2n) is 2.75. The number of fused-ring (bicyclic) bond motifs is 1. The standard InChI is InChI=1S/C9H5BrClN3/c10-7-1-2-8(11)9-6(7)5-13-14(9)4-3-12/h1-2,5H,4H2. The molecule has 1 aromatic carbocycles. The second-order valence-corrected chi connectivity index (χ2v) is 4.01. The molecule has 70 valence electrons. The van der Waals surface area contributed by atoms with Gasteiger partial charge in [0.25, 0.3) is 0 Å². The summed E-state index contributed by atoms with van der Waals surface area (Å²) in [4.78, 5) is 0. The van der Waals surface area contributed by atoms with Crippen LogP contribution in [0, 0.1) is 11.3 Å². The number of hydrogen-bond donors (Lipinski definition) is 0. The van der Waals surface area contributed by atoms with Crippen LogP contribution in [0.1, 0.15) is 0 Å². The molecular formula is C9H5BrClN3. The van der Waals surface area contributed by atoms with Crippen LogP contribution in [-0.2, 0) is 6.54 Å². The first-order chi connectivity index (χ1) is 6.74.